The van der Waals surface area contributed by atoms with Crippen LogP contribution in [-0.2, 0) is 10.0 Å². The zero-order valence-corrected chi connectivity index (χ0v) is 16.4. The first-order chi connectivity index (χ1) is 14.0. The van der Waals surface area contributed by atoms with Gasteiger partial charge >= 0.3 is 0 Å². The van der Waals surface area contributed by atoms with Gasteiger partial charge in [-0.3, -0.25) is 0 Å². The van der Waals surface area contributed by atoms with Crippen molar-refractivity contribution in [1.29, 1.82) is 0 Å². The van der Waals surface area contributed by atoms with Gasteiger partial charge in [0.15, 0.2) is 5.76 Å². The summed E-state index contributed by atoms with van der Waals surface area (Å²) in [5.74, 6) is 1.42. The fraction of sp³-hybridized carbons (Fsp3) is 0.0455. The zero-order chi connectivity index (χ0) is 20.4. The largest absolute Gasteiger partial charge is 0.497 e. The predicted molar refractivity (Wildman–Crippen MR) is 111 cm³/mol. The highest BCUT2D eigenvalue weighted by atomic mass is 32.2. The number of nitrogens with two attached hydrogens (primary N) is 1. The van der Waals surface area contributed by atoms with Crippen molar-refractivity contribution >= 4 is 10.0 Å². The molecule has 0 fully saturated rings. The van der Waals surface area contributed by atoms with Gasteiger partial charge in [0, 0.05) is 16.7 Å². The van der Waals surface area contributed by atoms with Gasteiger partial charge in [-0.25, -0.2) is 18.5 Å². The molecule has 0 atom stereocenters. The van der Waals surface area contributed by atoms with Crippen LogP contribution in [0.5, 0.6) is 5.75 Å². The molecule has 3 aromatic carbocycles. The summed E-state index contributed by atoms with van der Waals surface area (Å²) in [5, 5.41) is 5.43. The normalized spacial score (nSPS) is 11.4. The lowest BCUT2D eigenvalue weighted by Crippen LogP contribution is -2.13. The number of benzene rings is 3. The van der Waals surface area contributed by atoms with Crippen LogP contribution in [0.3, 0.4) is 0 Å². The molecule has 6 nitrogen and oxygen atoms in total. The van der Waals surface area contributed by atoms with E-state index in [9.17, 15) is 8.42 Å². The van der Waals surface area contributed by atoms with Crippen molar-refractivity contribution in [3.63, 3.8) is 0 Å². The Labute approximate surface area is 168 Å². The van der Waals surface area contributed by atoms with Gasteiger partial charge in [-0.15, -0.1) is 0 Å². The second kappa shape index (κ2) is 7.54. The third kappa shape index (κ3) is 3.78. The number of nitrogens with zero attached hydrogens (tertiary/aromatic N) is 1. The lowest BCUT2D eigenvalue weighted by Gasteiger charge is -2.07. The summed E-state index contributed by atoms with van der Waals surface area (Å²) in [6.45, 7) is 0. The number of hydrogen-bond donors (Lipinski definition) is 1. The molecule has 1 heterocycles. The maximum Gasteiger partial charge on any atom is 0.238 e. The van der Waals surface area contributed by atoms with Crippen molar-refractivity contribution in [2.75, 3.05) is 7.11 Å². The molecule has 2 N–H and O–H groups in total. The summed E-state index contributed by atoms with van der Waals surface area (Å²) in [6.07, 6.45) is 0. The van der Waals surface area contributed by atoms with Crippen LogP contribution >= 0.6 is 0 Å². The minimum Gasteiger partial charge on any atom is -0.497 e. The number of sulfonamides is 1. The Morgan fingerprint density at radius 2 is 1.52 bits per heavy atom. The molecule has 0 saturated heterocycles. The first kappa shape index (κ1) is 18.9. The van der Waals surface area contributed by atoms with Gasteiger partial charge in [-0.05, 0) is 48.5 Å². The van der Waals surface area contributed by atoms with Gasteiger partial charge in [-0.1, -0.05) is 30.3 Å². The standard InChI is InChI=1S/C22H18N2O4S/c1-27-17-13-11-15(12-14-17)20-21(18-9-5-6-10-19(18)29(23,25)26)28-22(24-20)16-7-3-2-4-8-16/h2-14H,1H3,(H2,23,25,26). The van der Waals surface area contributed by atoms with E-state index in [1.165, 1.54) is 6.07 Å². The molecule has 0 radical (unpaired) electrons. The average Bonchev–Trinajstić information content (AvgIpc) is 3.19. The Kier molecular flexibility index (Phi) is 4.92. The Hall–Kier alpha value is -3.42. The minimum absolute atomic E-state index is 0.0227. The highest BCUT2D eigenvalue weighted by Crippen LogP contribution is 2.38. The van der Waals surface area contributed by atoms with E-state index in [1.807, 2.05) is 54.6 Å². The SMILES string of the molecule is COc1ccc(-c2nc(-c3ccccc3)oc2-c2ccccc2S(N)(=O)=O)cc1. The number of aromatic nitrogens is 1. The molecule has 0 saturated carbocycles. The molecule has 29 heavy (non-hydrogen) atoms. The molecule has 0 aliphatic carbocycles. The highest BCUT2D eigenvalue weighted by Gasteiger charge is 2.23. The lowest BCUT2D eigenvalue weighted by molar-refractivity contribution is 0.415. The number of oxazole rings is 1. The number of primary sulfonamides is 1. The molecule has 7 heteroatoms. The van der Waals surface area contributed by atoms with E-state index in [0.29, 0.717) is 28.7 Å². The van der Waals surface area contributed by atoms with E-state index in [-0.39, 0.29) is 4.90 Å². The van der Waals surface area contributed by atoms with E-state index >= 15 is 0 Å². The van der Waals surface area contributed by atoms with Crippen LogP contribution in [0.4, 0.5) is 0 Å². The summed E-state index contributed by atoms with van der Waals surface area (Å²) in [4.78, 5) is 4.64. The van der Waals surface area contributed by atoms with E-state index in [0.717, 1.165) is 11.1 Å². The monoisotopic (exact) mass is 406 g/mol. The molecule has 0 bridgehead atoms. The number of hydrogen-bond acceptors (Lipinski definition) is 5. The first-order valence-corrected chi connectivity index (χ1v) is 10.3. The van der Waals surface area contributed by atoms with Crippen molar-refractivity contribution in [2.45, 2.75) is 4.90 Å². The first-order valence-electron chi connectivity index (χ1n) is 8.80. The number of methoxy groups -OCH3 is 1. The fourth-order valence-electron chi connectivity index (χ4n) is 3.05. The summed E-state index contributed by atoms with van der Waals surface area (Å²) in [6, 6.07) is 23.2. The second-order valence-corrected chi connectivity index (χ2v) is 7.86. The summed E-state index contributed by atoms with van der Waals surface area (Å²) in [7, 11) is -2.36. The van der Waals surface area contributed by atoms with Crippen molar-refractivity contribution in [3.8, 4) is 39.8 Å². The van der Waals surface area contributed by atoms with E-state index in [2.05, 4.69) is 4.98 Å². The Morgan fingerprint density at radius 1 is 0.862 bits per heavy atom. The van der Waals surface area contributed by atoms with Crippen LogP contribution in [0, 0.1) is 0 Å². The molecule has 4 rings (SSSR count). The minimum atomic E-state index is -3.95. The lowest BCUT2D eigenvalue weighted by atomic mass is 10.1. The second-order valence-electron chi connectivity index (χ2n) is 6.33. The van der Waals surface area contributed by atoms with Gasteiger partial charge in [-0.2, -0.15) is 0 Å². The topological polar surface area (TPSA) is 95.4 Å². The molecule has 0 unspecified atom stereocenters. The molecule has 0 amide bonds. The van der Waals surface area contributed by atoms with Gasteiger partial charge in [0.05, 0.1) is 12.0 Å². The highest BCUT2D eigenvalue weighted by molar-refractivity contribution is 7.89. The smallest absolute Gasteiger partial charge is 0.238 e. The molecular weight excluding hydrogens is 388 g/mol. The quantitative estimate of drug-likeness (QED) is 0.532. The summed E-state index contributed by atoms with van der Waals surface area (Å²) >= 11 is 0. The fourth-order valence-corrected chi connectivity index (χ4v) is 3.79. The van der Waals surface area contributed by atoms with Crippen LogP contribution in [0.25, 0.3) is 34.0 Å². The molecule has 1 aromatic heterocycles. The van der Waals surface area contributed by atoms with Crippen LogP contribution in [0.2, 0.25) is 0 Å². The Morgan fingerprint density at radius 3 is 2.17 bits per heavy atom. The number of rotatable bonds is 5. The van der Waals surface area contributed by atoms with Gasteiger partial charge in [0.2, 0.25) is 15.9 Å². The van der Waals surface area contributed by atoms with E-state index < -0.39 is 10.0 Å². The summed E-state index contributed by atoms with van der Waals surface area (Å²) in [5.41, 5.74) is 2.41. The summed E-state index contributed by atoms with van der Waals surface area (Å²) < 4.78 is 35.6. The van der Waals surface area contributed by atoms with Crippen LogP contribution in [0.1, 0.15) is 0 Å². The number of ether oxygens (including phenoxy) is 1. The Balaban J connectivity index is 1.97. The van der Waals surface area contributed by atoms with Gasteiger partial charge < -0.3 is 9.15 Å². The van der Waals surface area contributed by atoms with Crippen molar-refractivity contribution in [1.82, 2.24) is 4.98 Å². The van der Waals surface area contributed by atoms with Crippen LogP contribution in [-0.4, -0.2) is 20.5 Å². The third-order valence-electron chi connectivity index (χ3n) is 4.45. The Bertz CT molecular complexity index is 1250. The van der Waals surface area contributed by atoms with E-state index in [4.69, 9.17) is 14.3 Å². The molecular formula is C22H18N2O4S. The van der Waals surface area contributed by atoms with Gasteiger partial charge in [0.25, 0.3) is 0 Å². The molecule has 0 aliphatic rings. The van der Waals surface area contributed by atoms with Crippen molar-refractivity contribution in [2.24, 2.45) is 5.14 Å². The average molecular weight is 406 g/mol. The van der Waals surface area contributed by atoms with Crippen LogP contribution in [0.15, 0.2) is 88.2 Å². The van der Waals surface area contributed by atoms with Crippen LogP contribution < -0.4 is 9.88 Å². The van der Waals surface area contributed by atoms with E-state index in [1.54, 1.807) is 25.3 Å². The molecule has 0 spiro atoms. The molecule has 0 aliphatic heterocycles. The van der Waals surface area contributed by atoms with Gasteiger partial charge in [0.1, 0.15) is 11.4 Å². The maximum atomic E-state index is 12.1. The predicted octanol–water partition coefficient (Wildman–Crippen LogP) is 4.33. The maximum absolute atomic E-state index is 12.1. The van der Waals surface area contributed by atoms with Crippen molar-refractivity contribution < 1.29 is 17.6 Å². The third-order valence-corrected chi connectivity index (χ3v) is 5.42. The molecule has 4 aromatic rings. The zero-order valence-electron chi connectivity index (χ0n) is 15.6. The van der Waals surface area contributed by atoms with Crippen molar-refractivity contribution in [3.05, 3.63) is 78.9 Å². The molecule has 146 valence electrons.